The van der Waals surface area contributed by atoms with E-state index in [1.165, 1.54) is 57.8 Å². The van der Waals surface area contributed by atoms with E-state index in [2.05, 4.69) is 26.8 Å². The van der Waals surface area contributed by atoms with Gasteiger partial charge >= 0.3 is 0 Å². The van der Waals surface area contributed by atoms with Gasteiger partial charge < -0.3 is 5.11 Å². The number of allylic oxidation sites excluding steroid dienone is 3. The van der Waals surface area contributed by atoms with Crippen LogP contribution in [-0.2, 0) is 4.79 Å². The van der Waals surface area contributed by atoms with Crippen molar-refractivity contribution in [2.75, 3.05) is 6.61 Å². The lowest BCUT2D eigenvalue weighted by atomic mass is 9.47. The maximum absolute atomic E-state index is 13.0. The van der Waals surface area contributed by atoms with Crippen molar-refractivity contribution in [2.45, 2.75) is 91.9 Å². The van der Waals surface area contributed by atoms with Crippen molar-refractivity contribution < 1.29 is 9.90 Å². The first-order valence-corrected chi connectivity index (χ1v) is 12.3. The van der Waals surface area contributed by atoms with Gasteiger partial charge in [-0.1, -0.05) is 50.5 Å². The van der Waals surface area contributed by atoms with Gasteiger partial charge in [-0.3, -0.25) is 4.79 Å². The summed E-state index contributed by atoms with van der Waals surface area (Å²) in [6, 6.07) is 0. The van der Waals surface area contributed by atoms with Crippen LogP contribution in [0.3, 0.4) is 0 Å². The van der Waals surface area contributed by atoms with Crippen LogP contribution in [0, 0.1) is 40.4 Å². The molecule has 0 unspecified atom stereocenters. The molecule has 0 aromatic carbocycles. The maximum Gasteiger partial charge on any atom is 0.139 e. The number of fused-ring (bicyclic) bond motifs is 5. The minimum atomic E-state index is 0.0578. The highest BCUT2D eigenvalue weighted by molar-refractivity contribution is 5.82. The molecule has 0 saturated heterocycles. The summed E-state index contributed by atoms with van der Waals surface area (Å²) in [5.74, 6) is 3.56. The molecule has 0 spiro atoms. The molecule has 0 heterocycles. The van der Waals surface area contributed by atoms with E-state index in [1.807, 2.05) is 13.0 Å². The highest BCUT2D eigenvalue weighted by atomic mass is 16.3. The van der Waals surface area contributed by atoms with Crippen molar-refractivity contribution >= 4 is 5.78 Å². The van der Waals surface area contributed by atoms with E-state index in [1.54, 1.807) is 5.57 Å². The molecule has 0 amide bonds. The van der Waals surface area contributed by atoms with Crippen molar-refractivity contribution in [3.05, 3.63) is 23.3 Å². The van der Waals surface area contributed by atoms with Gasteiger partial charge in [0.05, 0.1) is 6.61 Å². The van der Waals surface area contributed by atoms with Crippen molar-refractivity contribution in [3.63, 3.8) is 0 Å². The summed E-state index contributed by atoms with van der Waals surface area (Å²) < 4.78 is 0. The molecular weight excluding hydrogens is 356 g/mol. The molecule has 4 aliphatic rings. The molecule has 29 heavy (non-hydrogen) atoms. The summed E-state index contributed by atoms with van der Waals surface area (Å²) in [6.07, 6.45) is 17.2. The fourth-order valence-electron chi connectivity index (χ4n) is 8.31. The van der Waals surface area contributed by atoms with E-state index in [0.717, 1.165) is 23.3 Å². The Morgan fingerprint density at radius 3 is 2.76 bits per heavy atom. The highest BCUT2D eigenvalue weighted by Crippen LogP contribution is 2.67. The summed E-state index contributed by atoms with van der Waals surface area (Å²) >= 11 is 0. The van der Waals surface area contributed by atoms with Crippen LogP contribution in [0.2, 0.25) is 0 Å². The van der Waals surface area contributed by atoms with Gasteiger partial charge in [0, 0.05) is 12.3 Å². The number of ketones is 1. The average Bonchev–Trinajstić information content (AvgIpc) is 3.07. The minimum absolute atomic E-state index is 0.0578. The Bertz CT molecular complexity index is 703. The Balaban J connectivity index is 1.52. The normalized spacial score (nSPS) is 43.1. The fourth-order valence-corrected chi connectivity index (χ4v) is 8.31. The molecule has 1 N–H and O–H groups in total. The monoisotopic (exact) mass is 398 g/mol. The molecule has 0 bridgehead atoms. The number of aliphatic hydroxyl groups is 1. The SMILES string of the molecule is CC(=CCC(=O)[C@@H](C)[C@H]1CC[C@H]2[C@@H]3CC=C4CCCC[C@]4(C)[C@H]3CC[C@]12C)CO. The lowest BCUT2D eigenvalue weighted by molar-refractivity contribution is -0.126. The molecule has 0 radical (unpaired) electrons. The summed E-state index contributed by atoms with van der Waals surface area (Å²) in [5, 5.41) is 9.22. The molecule has 0 aromatic heterocycles. The summed E-state index contributed by atoms with van der Waals surface area (Å²) in [5.41, 5.74) is 3.50. The number of Topliss-reactive ketones (excluding diaryl/α,β-unsaturated/α-hetero) is 1. The van der Waals surface area contributed by atoms with Crippen LogP contribution in [-0.4, -0.2) is 17.5 Å². The molecule has 0 aromatic rings. The molecule has 162 valence electrons. The Kier molecular flexibility index (Phi) is 5.88. The van der Waals surface area contributed by atoms with Crippen LogP contribution in [0.4, 0.5) is 0 Å². The molecule has 0 aliphatic heterocycles. The first kappa shape index (κ1) is 21.3. The first-order valence-electron chi connectivity index (χ1n) is 12.3. The van der Waals surface area contributed by atoms with Gasteiger partial charge in [-0.2, -0.15) is 0 Å². The van der Waals surface area contributed by atoms with E-state index < -0.39 is 0 Å². The fraction of sp³-hybridized carbons (Fsp3) is 0.815. The van der Waals surface area contributed by atoms with Crippen LogP contribution in [0.1, 0.15) is 91.9 Å². The molecule has 2 heteroatoms. The van der Waals surface area contributed by atoms with Crippen molar-refractivity contribution in [2.24, 2.45) is 40.4 Å². The van der Waals surface area contributed by atoms with Gasteiger partial charge in [0.15, 0.2) is 0 Å². The zero-order valence-electron chi connectivity index (χ0n) is 19.2. The Hall–Kier alpha value is -0.890. The third-order valence-corrected chi connectivity index (χ3v) is 10.1. The largest absolute Gasteiger partial charge is 0.392 e. The van der Waals surface area contributed by atoms with E-state index in [0.29, 0.717) is 29.0 Å². The second-order valence-corrected chi connectivity index (χ2v) is 11.4. The maximum atomic E-state index is 13.0. The Labute approximate surface area is 178 Å². The van der Waals surface area contributed by atoms with Gasteiger partial charge in [0.2, 0.25) is 0 Å². The van der Waals surface area contributed by atoms with Gasteiger partial charge in [0.25, 0.3) is 0 Å². The standard InChI is InChI=1S/C27H42O2/c1-18(17-28)8-13-25(29)19(2)22-11-12-23-21-10-9-20-7-5-6-15-26(20,3)24(21)14-16-27(22,23)4/h8-9,19,21-24,28H,5-7,10-17H2,1-4H3/t19-,21-,22+,23-,24-,26-,27+/m0/s1. The molecule has 3 fully saturated rings. The van der Waals surface area contributed by atoms with Crippen molar-refractivity contribution in [3.8, 4) is 0 Å². The second-order valence-electron chi connectivity index (χ2n) is 11.4. The topological polar surface area (TPSA) is 37.3 Å². The molecule has 3 saturated carbocycles. The predicted molar refractivity (Wildman–Crippen MR) is 119 cm³/mol. The Morgan fingerprint density at radius 1 is 1.21 bits per heavy atom. The lowest BCUT2D eigenvalue weighted by Gasteiger charge is -2.58. The third-order valence-electron chi connectivity index (χ3n) is 10.1. The highest BCUT2D eigenvalue weighted by Gasteiger charge is 2.59. The second kappa shape index (κ2) is 7.98. The number of rotatable bonds is 5. The number of hydrogen-bond acceptors (Lipinski definition) is 2. The molecule has 4 rings (SSSR count). The van der Waals surface area contributed by atoms with E-state index in [4.69, 9.17) is 0 Å². The van der Waals surface area contributed by atoms with E-state index in [-0.39, 0.29) is 12.5 Å². The first-order chi connectivity index (χ1) is 13.8. The zero-order valence-corrected chi connectivity index (χ0v) is 19.2. The molecule has 2 nitrogen and oxygen atoms in total. The zero-order chi connectivity index (χ0) is 20.8. The molecule has 7 atom stereocenters. The number of carbonyl (C=O) groups is 1. The van der Waals surface area contributed by atoms with Crippen LogP contribution in [0.5, 0.6) is 0 Å². The lowest BCUT2D eigenvalue weighted by Crippen LogP contribution is -2.50. The number of carbonyl (C=O) groups excluding carboxylic acids is 1. The van der Waals surface area contributed by atoms with Gasteiger partial charge in [0.1, 0.15) is 5.78 Å². The van der Waals surface area contributed by atoms with Crippen molar-refractivity contribution in [1.82, 2.24) is 0 Å². The van der Waals surface area contributed by atoms with Crippen LogP contribution in [0.25, 0.3) is 0 Å². The van der Waals surface area contributed by atoms with E-state index >= 15 is 0 Å². The van der Waals surface area contributed by atoms with Gasteiger partial charge in [-0.15, -0.1) is 0 Å². The smallest absolute Gasteiger partial charge is 0.139 e. The van der Waals surface area contributed by atoms with Gasteiger partial charge in [-0.25, -0.2) is 0 Å². The van der Waals surface area contributed by atoms with Crippen molar-refractivity contribution in [1.29, 1.82) is 0 Å². The minimum Gasteiger partial charge on any atom is -0.392 e. The summed E-state index contributed by atoms with van der Waals surface area (Å²) in [7, 11) is 0. The number of aliphatic hydroxyl groups excluding tert-OH is 1. The van der Waals surface area contributed by atoms with Gasteiger partial charge in [-0.05, 0) is 92.8 Å². The molecule has 4 aliphatic carbocycles. The third kappa shape index (κ3) is 3.48. The van der Waals surface area contributed by atoms with Crippen LogP contribution >= 0.6 is 0 Å². The predicted octanol–water partition coefficient (Wildman–Crippen LogP) is 6.49. The summed E-state index contributed by atoms with van der Waals surface area (Å²) in [4.78, 5) is 13.0. The number of hydrogen-bond donors (Lipinski definition) is 1. The van der Waals surface area contributed by atoms with Crippen LogP contribution < -0.4 is 0 Å². The molecular formula is C27H42O2. The summed E-state index contributed by atoms with van der Waals surface area (Å²) in [6.45, 7) is 9.28. The average molecular weight is 399 g/mol. The quantitative estimate of drug-likeness (QED) is 0.537. The van der Waals surface area contributed by atoms with Crippen LogP contribution in [0.15, 0.2) is 23.3 Å². The Morgan fingerprint density at radius 2 is 2.00 bits per heavy atom. The van der Waals surface area contributed by atoms with E-state index in [9.17, 15) is 9.90 Å².